The molecule has 0 nitrogen and oxygen atoms in total. The molecular weight excluding hydrogens is 411 g/mol. The van der Waals surface area contributed by atoms with Gasteiger partial charge in [-0.2, -0.15) is 22.2 Å². The van der Waals surface area contributed by atoms with Gasteiger partial charge in [-0.05, 0) is 25.8 Å². The molecule has 0 rings (SSSR count). The van der Waals surface area contributed by atoms with Gasteiger partial charge in [-0.15, -0.1) is 0 Å². The third-order valence-electron chi connectivity index (χ3n) is 7.40. The van der Waals surface area contributed by atoms with Gasteiger partial charge in [0.15, 0.2) is 15.2 Å². The molecular formula is C19H44Cl2Si4. The van der Waals surface area contributed by atoms with Gasteiger partial charge in [-0.25, -0.2) is 0 Å². The molecule has 0 aromatic carbocycles. The molecule has 25 heavy (non-hydrogen) atoms. The lowest BCUT2D eigenvalue weighted by Gasteiger charge is -2.55. The van der Waals surface area contributed by atoms with Gasteiger partial charge in [0, 0.05) is 0 Å². The summed E-state index contributed by atoms with van der Waals surface area (Å²) in [6, 6.07) is 0. The van der Waals surface area contributed by atoms with Gasteiger partial charge in [0.1, 0.15) is 0 Å². The summed E-state index contributed by atoms with van der Waals surface area (Å²) in [4.78, 5) is 0. The second kappa shape index (κ2) is 7.70. The van der Waals surface area contributed by atoms with Crippen LogP contribution in [0.25, 0.3) is 0 Å². The van der Waals surface area contributed by atoms with E-state index in [0.717, 1.165) is 5.67 Å². The first kappa shape index (κ1) is 26.4. The molecule has 0 aromatic heterocycles. The number of hydrogen-bond acceptors (Lipinski definition) is 0. The summed E-state index contributed by atoms with van der Waals surface area (Å²) in [5.41, 5.74) is 1.15. The van der Waals surface area contributed by atoms with E-state index in [4.69, 9.17) is 22.2 Å². The summed E-state index contributed by atoms with van der Waals surface area (Å²) < 4.78 is 0. The van der Waals surface area contributed by atoms with Crippen LogP contribution in [-0.4, -0.2) is 30.4 Å². The van der Waals surface area contributed by atoms with Crippen molar-refractivity contribution in [1.82, 2.24) is 0 Å². The molecule has 0 aliphatic carbocycles. The van der Waals surface area contributed by atoms with Crippen LogP contribution in [0.4, 0.5) is 0 Å². The molecule has 0 amide bonds. The predicted octanol–water partition coefficient (Wildman–Crippen LogP) is 8.50. The minimum absolute atomic E-state index is 0.307. The number of hydrogen-bond donors (Lipinski definition) is 0. The Morgan fingerprint density at radius 2 is 0.680 bits per heavy atom. The highest BCUT2D eigenvalue weighted by molar-refractivity contribution is 7.60. The molecule has 0 spiro atoms. The van der Waals surface area contributed by atoms with Crippen LogP contribution in [0.3, 0.4) is 0 Å². The molecule has 0 saturated carbocycles. The van der Waals surface area contributed by atoms with Gasteiger partial charge < -0.3 is 0 Å². The number of halogens is 2. The van der Waals surface area contributed by atoms with Gasteiger partial charge >= 0.3 is 0 Å². The fourth-order valence-electron chi connectivity index (χ4n) is 4.37. The largest absolute Gasteiger partial charge is 0.173 e. The standard InChI is InChI=1S/C19H44Cl2Si4/c1-16(2,3)24(13,17(4,5)6)22(20)15-23(21)25(14,18(7,8)9)19(10,11)12/h15H2,1-14H3. The molecule has 0 aliphatic heterocycles. The van der Waals surface area contributed by atoms with Crippen molar-refractivity contribution in [2.75, 3.05) is 0 Å². The smallest absolute Gasteiger partial charge is 0.153 e. The van der Waals surface area contributed by atoms with Gasteiger partial charge in [0.25, 0.3) is 0 Å². The van der Waals surface area contributed by atoms with Crippen LogP contribution in [0.15, 0.2) is 0 Å². The first-order valence-electron chi connectivity index (χ1n) is 9.59. The van der Waals surface area contributed by atoms with Crippen molar-refractivity contribution in [3.05, 3.63) is 0 Å². The minimum atomic E-state index is -1.69. The normalized spacial score (nSPS) is 16.1. The Kier molecular flexibility index (Phi) is 8.14. The van der Waals surface area contributed by atoms with E-state index in [1.807, 2.05) is 0 Å². The van der Waals surface area contributed by atoms with Crippen molar-refractivity contribution in [3.8, 4) is 0 Å². The third kappa shape index (κ3) is 4.90. The lowest BCUT2D eigenvalue weighted by atomic mass is 10.2. The SMILES string of the molecule is CC(C)(C)[Si](C)([Si](Cl)C[Si](Cl)[Si](C)(C(C)(C)C)C(C)(C)C)C(C)(C)C. The quantitative estimate of drug-likeness (QED) is 0.294. The van der Waals surface area contributed by atoms with Gasteiger partial charge in [-0.1, -0.05) is 96.2 Å². The average molecular weight is 456 g/mol. The lowest BCUT2D eigenvalue weighted by Crippen LogP contribution is -2.64. The molecule has 0 N–H and O–H groups in total. The van der Waals surface area contributed by atoms with Crippen molar-refractivity contribution >= 4 is 52.6 Å². The highest BCUT2D eigenvalue weighted by atomic mass is 35.6. The van der Waals surface area contributed by atoms with Crippen LogP contribution in [0.2, 0.25) is 38.9 Å². The lowest BCUT2D eigenvalue weighted by molar-refractivity contribution is 0.635. The maximum Gasteiger partial charge on any atom is 0.153 e. The Balaban J connectivity index is 5.98. The maximum absolute atomic E-state index is 7.39. The van der Waals surface area contributed by atoms with Crippen molar-refractivity contribution in [2.45, 2.75) is 122 Å². The summed E-state index contributed by atoms with van der Waals surface area (Å²) in [6.45, 7) is 34.2. The molecule has 0 aromatic rings. The second-order valence-corrected chi connectivity index (χ2v) is 40.0. The van der Waals surface area contributed by atoms with E-state index in [0.29, 0.717) is 20.2 Å². The van der Waals surface area contributed by atoms with Crippen LogP contribution in [0.5, 0.6) is 0 Å². The van der Waals surface area contributed by atoms with E-state index in [1.165, 1.54) is 0 Å². The molecule has 0 aliphatic rings. The Hall–Kier alpha value is 1.45. The van der Waals surface area contributed by atoms with Crippen molar-refractivity contribution in [1.29, 1.82) is 0 Å². The maximum atomic E-state index is 7.39. The third-order valence-corrected chi connectivity index (χ3v) is 51.9. The molecule has 6 heteroatoms. The Labute approximate surface area is 174 Å². The van der Waals surface area contributed by atoms with E-state index in [1.54, 1.807) is 0 Å². The minimum Gasteiger partial charge on any atom is -0.173 e. The number of rotatable bonds is 4. The molecule has 0 heterocycles. The molecule has 2 radical (unpaired) electrons. The Bertz CT molecular complexity index is 380. The van der Waals surface area contributed by atoms with Gasteiger partial charge in [0.05, 0.1) is 15.2 Å². The van der Waals surface area contributed by atoms with E-state index in [9.17, 15) is 0 Å². The van der Waals surface area contributed by atoms with E-state index in [2.05, 4.69) is 96.2 Å². The summed E-state index contributed by atoms with van der Waals surface area (Å²) in [5, 5.41) is 1.23. The van der Waals surface area contributed by atoms with Crippen molar-refractivity contribution in [2.24, 2.45) is 0 Å². The zero-order valence-corrected chi connectivity index (χ0v) is 25.0. The summed E-state index contributed by atoms with van der Waals surface area (Å²) in [7, 11) is -5.34. The van der Waals surface area contributed by atoms with Crippen LogP contribution in [0, 0.1) is 0 Å². The summed E-state index contributed by atoms with van der Waals surface area (Å²) >= 11 is 14.8. The van der Waals surface area contributed by atoms with Gasteiger partial charge in [0.2, 0.25) is 0 Å². The fourth-order valence-corrected chi connectivity index (χ4v) is 52.2. The monoisotopic (exact) mass is 454 g/mol. The van der Waals surface area contributed by atoms with E-state index >= 15 is 0 Å². The molecule has 0 atom stereocenters. The summed E-state index contributed by atoms with van der Waals surface area (Å²) in [5.74, 6) is 0. The van der Waals surface area contributed by atoms with Crippen molar-refractivity contribution in [3.63, 3.8) is 0 Å². The first-order chi connectivity index (χ1) is 10.5. The molecule has 150 valence electrons. The topological polar surface area (TPSA) is 0 Å². The van der Waals surface area contributed by atoms with E-state index in [-0.39, 0.29) is 0 Å². The average Bonchev–Trinajstić information content (AvgIpc) is 2.30. The Morgan fingerprint density at radius 1 is 0.520 bits per heavy atom. The van der Waals surface area contributed by atoms with Gasteiger partial charge in [-0.3, -0.25) is 0 Å². The second-order valence-electron chi connectivity index (χ2n) is 12.2. The zero-order chi connectivity index (χ0) is 20.9. The van der Waals surface area contributed by atoms with Crippen molar-refractivity contribution < 1.29 is 0 Å². The predicted molar refractivity (Wildman–Crippen MR) is 130 cm³/mol. The molecule has 0 fully saturated rings. The van der Waals surface area contributed by atoms with Crippen LogP contribution in [0.1, 0.15) is 83.1 Å². The zero-order valence-electron chi connectivity index (χ0n) is 19.5. The summed E-state index contributed by atoms with van der Waals surface area (Å²) in [6.07, 6.45) is 0. The highest BCUT2D eigenvalue weighted by Crippen LogP contribution is 2.56. The fraction of sp³-hybridized carbons (Fsp3) is 1.00. The van der Waals surface area contributed by atoms with Crippen LogP contribution >= 0.6 is 22.2 Å². The molecule has 0 bridgehead atoms. The highest BCUT2D eigenvalue weighted by Gasteiger charge is 2.59. The Morgan fingerprint density at radius 3 is 0.800 bits per heavy atom. The molecule has 0 unspecified atom stereocenters. The first-order valence-corrected chi connectivity index (χ1v) is 22.0. The molecule has 0 saturated heterocycles. The van der Waals surface area contributed by atoms with Crippen LogP contribution < -0.4 is 0 Å². The van der Waals surface area contributed by atoms with Crippen LogP contribution in [-0.2, 0) is 0 Å². The van der Waals surface area contributed by atoms with E-state index < -0.39 is 30.4 Å².